The first-order valence-corrected chi connectivity index (χ1v) is 6.77. The van der Waals surface area contributed by atoms with Gasteiger partial charge in [-0.15, -0.1) is 0 Å². The van der Waals surface area contributed by atoms with Crippen LogP contribution in [0.5, 0.6) is 0 Å². The van der Waals surface area contributed by atoms with Crippen LogP contribution in [0.1, 0.15) is 31.9 Å². The molecule has 0 radical (unpaired) electrons. The fraction of sp³-hybridized carbons (Fsp3) is 0.600. The summed E-state index contributed by atoms with van der Waals surface area (Å²) in [6, 6.07) is 5.33. The number of hydrogen-bond donors (Lipinski definition) is 2. The molecule has 0 saturated heterocycles. The summed E-state index contributed by atoms with van der Waals surface area (Å²) in [5.74, 6) is 0.268. The standard InChI is InChI=1S/C15H22F3NO/c1-10(2)14(9-20)19-11(3)7-12-5-4-6-13(8-12)15(16,17)18/h4-6,8,10-11,14,19-20H,7,9H2,1-3H3/t11-,14-/m1/s1. The van der Waals surface area contributed by atoms with E-state index < -0.39 is 11.7 Å². The second kappa shape index (κ2) is 7.09. The molecule has 0 aliphatic heterocycles. The minimum Gasteiger partial charge on any atom is -0.395 e. The lowest BCUT2D eigenvalue weighted by Gasteiger charge is -2.25. The summed E-state index contributed by atoms with van der Waals surface area (Å²) in [6.45, 7) is 5.91. The highest BCUT2D eigenvalue weighted by atomic mass is 19.4. The van der Waals surface area contributed by atoms with Crippen LogP contribution in [0.2, 0.25) is 0 Å². The van der Waals surface area contributed by atoms with Crippen LogP contribution in [0.3, 0.4) is 0 Å². The van der Waals surface area contributed by atoms with E-state index in [0.29, 0.717) is 12.0 Å². The van der Waals surface area contributed by atoms with Gasteiger partial charge in [-0.3, -0.25) is 0 Å². The van der Waals surface area contributed by atoms with Gasteiger partial charge in [0.25, 0.3) is 0 Å². The molecular formula is C15H22F3NO. The van der Waals surface area contributed by atoms with E-state index in [0.717, 1.165) is 6.07 Å². The zero-order valence-electron chi connectivity index (χ0n) is 12.0. The molecule has 0 aromatic heterocycles. The molecule has 0 heterocycles. The minimum absolute atomic E-state index is 0.00182. The van der Waals surface area contributed by atoms with E-state index in [1.807, 2.05) is 20.8 Å². The van der Waals surface area contributed by atoms with Gasteiger partial charge in [-0.2, -0.15) is 13.2 Å². The Kier molecular flexibility index (Phi) is 6.02. The number of rotatable bonds is 6. The summed E-state index contributed by atoms with van der Waals surface area (Å²) in [6.07, 6.45) is -3.81. The summed E-state index contributed by atoms with van der Waals surface area (Å²) >= 11 is 0. The van der Waals surface area contributed by atoms with E-state index in [9.17, 15) is 18.3 Å². The third kappa shape index (κ3) is 5.13. The van der Waals surface area contributed by atoms with E-state index in [1.54, 1.807) is 6.07 Å². The second-order valence-corrected chi connectivity index (χ2v) is 5.50. The molecule has 1 aromatic rings. The molecule has 0 aliphatic rings. The molecule has 114 valence electrons. The van der Waals surface area contributed by atoms with Crippen molar-refractivity contribution in [3.05, 3.63) is 35.4 Å². The molecule has 2 atom stereocenters. The Labute approximate surface area is 118 Å². The number of aliphatic hydroxyl groups is 1. The summed E-state index contributed by atoms with van der Waals surface area (Å²) in [5, 5.41) is 12.5. The van der Waals surface area contributed by atoms with Crippen LogP contribution in [0.25, 0.3) is 0 Å². The average Bonchev–Trinajstić information content (AvgIpc) is 2.34. The molecule has 0 spiro atoms. The van der Waals surface area contributed by atoms with Crippen LogP contribution in [-0.2, 0) is 12.6 Å². The number of aliphatic hydroxyl groups excluding tert-OH is 1. The SMILES string of the molecule is CC(C)[C@@H](CO)N[C@H](C)Cc1cccc(C(F)(F)F)c1. The Morgan fingerprint density at radius 2 is 1.85 bits per heavy atom. The van der Waals surface area contributed by atoms with Crippen molar-refractivity contribution in [1.82, 2.24) is 5.32 Å². The van der Waals surface area contributed by atoms with Crippen LogP contribution < -0.4 is 5.32 Å². The molecule has 5 heteroatoms. The molecule has 0 unspecified atom stereocenters. The van der Waals surface area contributed by atoms with Gasteiger partial charge in [0.15, 0.2) is 0 Å². The summed E-state index contributed by atoms with van der Waals surface area (Å²) in [5.41, 5.74) is 0.0186. The van der Waals surface area contributed by atoms with Crippen molar-refractivity contribution in [1.29, 1.82) is 0 Å². The van der Waals surface area contributed by atoms with Gasteiger partial charge in [-0.25, -0.2) is 0 Å². The Balaban J connectivity index is 2.69. The Morgan fingerprint density at radius 3 is 2.35 bits per heavy atom. The average molecular weight is 289 g/mol. The molecule has 0 aliphatic carbocycles. The lowest BCUT2D eigenvalue weighted by atomic mass is 10.0. The third-order valence-electron chi connectivity index (χ3n) is 3.30. The first-order chi connectivity index (χ1) is 9.24. The Bertz CT molecular complexity index is 418. The molecule has 2 N–H and O–H groups in total. The lowest BCUT2D eigenvalue weighted by Crippen LogP contribution is -2.43. The van der Waals surface area contributed by atoms with Gasteiger partial charge in [0.2, 0.25) is 0 Å². The fourth-order valence-electron chi connectivity index (χ4n) is 2.11. The topological polar surface area (TPSA) is 32.3 Å². The van der Waals surface area contributed by atoms with E-state index in [1.165, 1.54) is 12.1 Å². The molecule has 2 nitrogen and oxygen atoms in total. The van der Waals surface area contributed by atoms with Gasteiger partial charge in [-0.1, -0.05) is 32.0 Å². The first-order valence-electron chi connectivity index (χ1n) is 6.77. The van der Waals surface area contributed by atoms with Crippen LogP contribution in [0, 0.1) is 5.92 Å². The molecule has 0 bridgehead atoms. The quantitative estimate of drug-likeness (QED) is 0.842. The first kappa shape index (κ1) is 17.0. The molecule has 0 saturated carbocycles. The van der Waals surface area contributed by atoms with Gasteiger partial charge in [0.1, 0.15) is 0 Å². The smallest absolute Gasteiger partial charge is 0.395 e. The minimum atomic E-state index is -4.31. The molecule has 20 heavy (non-hydrogen) atoms. The van der Waals surface area contributed by atoms with Gasteiger partial charge in [-0.05, 0) is 30.9 Å². The fourth-order valence-corrected chi connectivity index (χ4v) is 2.11. The monoisotopic (exact) mass is 289 g/mol. The van der Waals surface area contributed by atoms with Crippen molar-refractivity contribution in [2.75, 3.05) is 6.61 Å². The van der Waals surface area contributed by atoms with Crippen LogP contribution in [-0.4, -0.2) is 23.8 Å². The van der Waals surface area contributed by atoms with Crippen molar-refractivity contribution < 1.29 is 18.3 Å². The summed E-state index contributed by atoms with van der Waals surface area (Å²) < 4.78 is 37.9. The van der Waals surface area contributed by atoms with E-state index in [-0.39, 0.29) is 24.6 Å². The molecule has 1 aromatic carbocycles. The lowest BCUT2D eigenvalue weighted by molar-refractivity contribution is -0.137. The predicted octanol–water partition coefficient (Wildman–Crippen LogP) is 3.24. The highest BCUT2D eigenvalue weighted by Gasteiger charge is 2.30. The molecular weight excluding hydrogens is 267 g/mol. The molecule has 0 fully saturated rings. The van der Waals surface area contributed by atoms with E-state index >= 15 is 0 Å². The highest BCUT2D eigenvalue weighted by Crippen LogP contribution is 2.29. The zero-order chi connectivity index (χ0) is 15.3. The zero-order valence-corrected chi connectivity index (χ0v) is 12.0. The van der Waals surface area contributed by atoms with Crippen LogP contribution >= 0.6 is 0 Å². The van der Waals surface area contributed by atoms with Crippen molar-refractivity contribution >= 4 is 0 Å². The number of benzene rings is 1. The number of nitrogens with one attached hydrogen (secondary N) is 1. The summed E-state index contributed by atoms with van der Waals surface area (Å²) in [7, 11) is 0. The summed E-state index contributed by atoms with van der Waals surface area (Å²) in [4.78, 5) is 0. The van der Waals surface area contributed by atoms with E-state index in [4.69, 9.17) is 0 Å². The largest absolute Gasteiger partial charge is 0.416 e. The maximum absolute atomic E-state index is 12.6. The van der Waals surface area contributed by atoms with Crippen molar-refractivity contribution in [3.63, 3.8) is 0 Å². The van der Waals surface area contributed by atoms with Crippen molar-refractivity contribution in [2.24, 2.45) is 5.92 Å². The number of hydrogen-bond acceptors (Lipinski definition) is 2. The number of halogens is 3. The van der Waals surface area contributed by atoms with Gasteiger partial charge < -0.3 is 10.4 Å². The van der Waals surface area contributed by atoms with Gasteiger partial charge in [0.05, 0.1) is 12.2 Å². The Morgan fingerprint density at radius 1 is 1.20 bits per heavy atom. The Hall–Kier alpha value is -1.07. The van der Waals surface area contributed by atoms with Crippen molar-refractivity contribution in [2.45, 2.75) is 45.5 Å². The normalized spacial score (nSPS) is 15.4. The predicted molar refractivity (Wildman–Crippen MR) is 73.5 cm³/mol. The maximum Gasteiger partial charge on any atom is 0.416 e. The van der Waals surface area contributed by atoms with E-state index in [2.05, 4.69) is 5.32 Å². The van der Waals surface area contributed by atoms with Gasteiger partial charge in [0, 0.05) is 12.1 Å². The van der Waals surface area contributed by atoms with Crippen LogP contribution in [0.4, 0.5) is 13.2 Å². The number of alkyl halides is 3. The molecule has 1 rings (SSSR count). The highest BCUT2D eigenvalue weighted by molar-refractivity contribution is 5.26. The van der Waals surface area contributed by atoms with Crippen molar-refractivity contribution in [3.8, 4) is 0 Å². The van der Waals surface area contributed by atoms with Gasteiger partial charge >= 0.3 is 6.18 Å². The second-order valence-electron chi connectivity index (χ2n) is 5.50. The third-order valence-corrected chi connectivity index (χ3v) is 3.30. The maximum atomic E-state index is 12.6. The van der Waals surface area contributed by atoms with Crippen LogP contribution in [0.15, 0.2) is 24.3 Å². The molecule has 0 amide bonds.